The third kappa shape index (κ3) is 2.67. The lowest BCUT2D eigenvalue weighted by atomic mass is 10.1. The van der Waals surface area contributed by atoms with Crippen LogP contribution in [0, 0.1) is 10.1 Å². The van der Waals surface area contributed by atoms with Crippen molar-refractivity contribution in [1.29, 1.82) is 0 Å². The summed E-state index contributed by atoms with van der Waals surface area (Å²) in [5.41, 5.74) is 1.73. The molecule has 6 nitrogen and oxygen atoms in total. The summed E-state index contributed by atoms with van der Waals surface area (Å²) in [5, 5.41) is 15.2. The highest BCUT2D eigenvalue weighted by molar-refractivity contribution is 5.97. The second-order valence-electron chi connectivity index (χ2n) is 5.43. The number of hydrogen-bond donors (Lipinski definition) is 1. The molecule has 0 spiro atoms. The van der Waals surface area contributed by atoms with Gasteiger partial charge in [-0.2, -0.15) is 0 Å². The number of rotatable bonds is 4. The molecule has 21 heavy (non-hydrogen) atoms. The second-order valence-corrected chi connectivity index (χ2v) is 5.43. The van der Waals surface area contributed by atoms with Gasteiger partial charge in [-0.1, -0.05) is 0 Å². The molecule has 1 unspecified atom stereocenters. The molecule has 0 amide bonds. The maximum Gasteiger partial charge on any atom is 0.278 e. The monoisotopic (exact) mass is 286 g/mol. The van der Waals surface area contributed by atoms with E-state index < -0.39 is 0 Å². The van der Waals surface area contributed by atoms with Crippen LogP contribution < -0.4 is 10.2 Å². The van der Waals surface area contributed by atoms with E-state index in [0.29, 0.717) is 16.9 Å². The van der Waals surface area contributed by atoms with Gasteiger partial charge in [-0.3, -0.25) is 15.1 Å². The Bertz CT molecular complexity index is 668. The lowest BCUT2D eigenvalue weighted by Gasteiger charge is -2.24. The minimum Gasteiger partial charge on any atom is -0.371 e. The average Bonchev–Trinajstić information content (AvgIpc) is 2.98. The van der Waals surface area contributed by atoms with Crippen molar-refractivity contribution in [2.75, 3.05) is 25.0 Å². The Morgan fingerprint density at radius 1 is 1.48 bits per heavy atom. The number of hydrogen-bond acceptors (Lipinski definition) is 5. The molecular formula is C15H18N4O2. The van der Waals surface area contributed by atoms with E-state index in [4.69, 9.17) is 0 Å². The fourth-order valence-corrected chi connectivity index (χ4v) is 2.95. The summed E-state index contributed by atoms with van der Waals surface area (Å²) < 4.78 is 0. The predicted molar refractivity (Wildman–Crippen MR) is 82.7 cm³/mol. The van der Waals surface area contributed by atoms with Gasteiger partial charge in [0, 0.05) is 31.9 Å². The smallest absolute Gasteiger partial charge is 0.278 e. The van der Waals surface area contributed by atoms with Crippen molar-refractivity contribution in [3.63, 3.8) is 0 Å². The number of fused-ring (bicyclic) bond motifs is 1. The van der Waals surface area contributed by atoms with Crippen LogP contribution in [0.15, 0.2) is 30.5 Å². The van der Waals surface area contributed by atoms with Gasteiger partial charge in [0.05, 0.1) is 16.0 Å². The van der Waals surface area contributed by atoms with Crippen LogP contribution >= 0.6 is 0 Å². The molecule has 0 bridgehead atoms. The van der Waals surface area contributed by atoms with Gasteiger partial charge in [-0.25, -0.2) is 0 Å². The van der Waals surface area contributed by atoms with E-state index in [1.54, 1.807) is 30.5 Å². The van der Waals surface area contributed by atoms with Crippen molar-refractivity contribution in [3.05, 3.63) is 40.6 Å². The summed E-state index contributed by atoms with van der Waals surface area (Å²) in [5.74, 6) is 0. The molecule has 1 saturated heterocycles. The minimum absolute atomic E-state index is 0.106. The van der Waals surface area contributed by atoms with Crippen LogP contribution in [-0.4, -0.2) is 36.1 Å². The van der Waals surface area contributed by atoms with E-state index in [1.165, 1.54) is 12.8 Å². The molecule has 0 saturated carbocycles. The van der Waals surface area contributed by atoms with Crippen LogP contribution in [0.5, 0.6) is 0 Å². The number of aromatic nitrogens is 1. The molecule has 2 aromatic rings. The molecule has 1 aliphatic heterocycles. The number of nitrogens with zero attached hydrogens (tertiary/aromatic N) is 3. The molecule has 0 radical (unpaired) electrons. The van der Waals surface area contributed by atoms with E-state index in [9.17, 15) is 10.1 Å². The summed E-state index contributed by atoms with van der Waals surface area (Å²) in [4.78, 5) is 17.3. The Morgan fingerprint density at radius 2 is 2.33 bits per heavy atom. The standard InChI is InChI=1S/C15H18N4O2/c1-18(10-11-4-2-8-16-11)14-7-6-13(19(20)21)12-5-3-9-17-15(12)14/h3,5-7,9,11,16H,2,4,8,10H2,1H3. The summed E-state index contributed by atoms with van der Waals surface area (Å²) in [7, 11) is 2.01. The third-order valence-corrected chi connectivity index (χ3v) is 3.99. The van der Waals surface area contributed by atoms with Gasteiger partial charge in [-0.15, -0.1) is 0 Å². The summed E-state index contributed by atoms with van der Waals surface area (Å²) in [6, 6.07) is 7.33. The molecule has 1 aliphatic rings. The number of pyridine rings is 1. The first-order valence-corrected chi connectivity index (χ1v) is 7.13. The molecule has 3 rings (SSSR count). The second kappa shape index (κ2) is 5.65. The van der Waals surface area contributed by atoms with E-state index in [2.05, 4.69) is 15.2 Å². The summed E-state index contributed by atoms with van der Waals surface area (Å²) in [6.07, 6.45) is 4.05. The van der Waals surface area contributed by atoms with Crippen molar-refractivity contribution in [2.24, 2.45) is 0 Å². The van der Waals surface area contributed by atoms with Crippen molar-refractivity contribution >= 4 is 22.3 Å². The van der Waals surface area contributed by atoms with Crippen LogP contribution in [0.3, 0.4) is 0 Å². The largest absolute Gasteiger partial charge is 0.371 e. The highest BCUT2D eigenvalue weighted by Gasteiger charge is 2.20. The number of anilines is 1. The number of non-ortho nitro benzene ring substituents is 1. The van der Waals surface area contributed by atoms with Crippen LogP contribution in [0.4, 0.5) is 11.4 Å². The molecule has 6 heteroatoms. The Kier molecular flexibility index (Phi) is 3.70. The molecule has 1 atom stereocenters. The lowest BCUT2D eigenvalue weighted by molar-refractivity contribution is -0.383. The average molecular weight is 286 g/mol. The highest BCUT2D eigenvalue weighted by Crippen LogP contribution is 2.31. The zero-order valence-electron chi connectivity index (χ0n) is 12.0. The van der Waals surface area contributed by atoms with Crippen LogP contribution in [0.2, 0.25) is 0 Å². The van der Waals surface area contributed by atoms with Gasteiger partial charge in [0.2, 0.25) is 0 Å². The first kappa shape index (κ1) is 13.8. The van der Waals surface area contributed by atoms with Crippen LogP contribution in [-0.2, 0) is 0 Å². The van der Waals surface area contributed by atoms with Crippen molar-refractivity contribution in [3.8, 4) is 0 Å². The number of nitro groups is 1. The molecule has 1 aromatic heterocycles. The van der Waals surface area contributed by atoms with Gasteiger partial charge in [0.25, 0.3) is 5.69 Å². The first-order valence-electron chi connectivity index (χ1n) is 7.13. The van der Waals surface area contributed by atoms with Crippen LogP contribution in [0.25, 0.3) is 10.9 Å². The quantitative estimate of drug-likeness (QED) is 0.690. The third-order valence-electron chi connectivity index (χ3n) is 3.99. The van der Waals surface area contributed by atoms with E-state index in [0.717, 1.165) is 18.8 Å². The number of likely N-dealkylation sites (N-methyl/N-ethyl adjacent to an activating group) is 1. The SMILES string of the molecule is CN(CC1CCCN1)c1ccc([N+](=O)[O-])c2cccnc12. The Balaban J connectivity index is 1.98. The number of benzene rings is 1. The van der Waals surface area contributed by atoms with Gasteiger partial charge in [-0.05, 0) is 37.6 Å². The fraction of sp³-hybridized carbons (Fsp3) is 0.400. The Morgan fingerprint density at radius 3 is 3.05 bits per heavy atom. The van der Waals surface area contributed by atoms with Crippen molar-refractivity contribution in [2.45, 2.75) is 18.9 Å². The van der Waals surface area contributed by atoms with Gasteiger partial charge in [0.15, 0.2) is 0 Å². The molecule has 1 fully saturated rings. The van der Waals surface area contributed by atoms with Crippen molar-refractivity contribution in [1.82, 2.24) is 10.3 Å². The van der Waals surface area contributed by atoms with E-state index >= 15 is 0 Å². The summed E-state index contributed by atoms with van der Waals surface area (Å²) in [6.45, 7) is 1.95. The molecule has 0 aliphatic carbocycles. The maximum absolute atomic E-state index is 11.1. The molecule has 1 aromatic carbocycles. The normalized spacial score (nSPS) is 18.0. The maximum atomic E-state index is 11.1. The number of nitro benzene ring substituents is 1. The van der Waals surface area contributed by atoms with Crippen molar-refractivity contribution < 1.29 is 4.92 Å². The number of nitrogens with one attached hydrogen (secondary N) is 1. The van der Waals surface area contributed by atoms with Gasteiger partial charge >= 0.3 is 0 Å². The first-order chi connectivity index (χ1) is 10.2. The Labute approximate surface area is 122 Å². The van der Waals surface area contributed by atoms with E-state index in [1.807, 2.05) is 7.05 Å². The summed E-state index contributed by atoms with van der Waals surface area (Å²) >= 11 is 0. The molecule has 110 valence electrons. The topological polar surface area (TPSA) is 71.3 Å². The van der Waals surface area contributed by atoms with Gasteiger partial charge in [0.1, 0.15) is 5.52 Å². The molecule has 1 N–H and O–H groups in total. The van der Waals surface area contributed by atoms with E-state index in [-0.39, 0.29) is 10.6 Å². The molecular weight excluding hydrogens is 268 g/mol. The highest BCUT2D eigenvalue weighted by atomic mass is 16.6. The fourth-order valence-electron chi connectivity index (χ4n) is 2.95. The van der Waals surface area contributed by atoms with Gasteiger partial charge < -0.3 is 10.2 Å². The minimum atomic E-state index is -0.355. The van der Waals surface area contributed by atoms with Crippen LogP contribution in [0.1, 0.15) is 12.8 Å². The molecule has 2 heterocycles. The predicted octanol–water partition coefficient (Wildman–Crippen LogP) is 2.33. The lowest BCUT2D eigenvalue weighted by Crippen LogP contribution is -2.35. The zero-order valence-corrected chi connectivity index (χ0v) is 12.0. The zero-order chi connectivity index (χ0) is 14.8. The Hall–Kier alpha value is -2.21.